The summed E-state index contributed by atoms with van der Waals surface area (Å²) in [4.78, 5) is 39.8. The monoisotopic (exact) mass is 453 g/mol. The van der Waals surface area contributed by atoms with Crippen LogP contribution in [0.15, 0.2) is 59.6 Å². The van der Waals surface area contributed by atoms with E-state index in [2.05, 4.69) is 4.99 Å². The molecule has 0 saturated heterocycles. The Morgan fingerprint density at radius 2 is 1.97 bits per heavy atom. The molecule has 0 spiro atoms. The van der Waals surface area contributed by atoms with E-state index in [0.29, 0.717) is 9.68 Å². The minimum atomic E-state index is -0.537. The van der Waals surface area contributed by atoms with Crippen LogP contribution in [-0.2, 0) is 20.9 Å². The van der Waals surface area contributed by atoms with E-state index in [0.717, 1.165) is 32.3 Å². The van der Waals surface area contributed by atoms with E-state index >= 15 is 0 Å². The van der Waals surface area contributed by atoms with Crippen molar-refractivity contribution in [3.05, 3.63) is 74.4 Å². The maximum Gasteiger partial charge on any atom is 0.325 e. The number of aromatic nitrogens is 1. The highest BCUT2D eigenvalue weighted by atomic mass is 32.1. The van der Waals surface area contributed by atoms with Crippen molar-refractivity contribution in [2.45, 2.75) is 6.54 Å². The van der Waals surface area contributed by atoms with Crippen molar-refractivity contribution in [1.29, 1.82) is 0 Å². The SMILES string of the molecule is COC(=O)Cn1c(=NC(=O)C=Cc2ccc([N+](=O)[O-])s2)sc2c3ccccc3ccc21. The second-order valence-corrected chi connectivity index (χ2v) is 8.47. The van der Waals surface area contributed by atoms with Crippen LogP contribution in [0.25, 0.3) is 27.1 Å². The van der Waals surface area contributed by atoms with E-state index in [1.807, 2.05) is 36.4 Å². The average molecular weight is 454 g/mol. The fourth-order valence-electron chi connectivity index (χ4n) is 3.05. The van der Waals surface area contributed by atoms with Crippen LogP contribution < -0.4 is 4.80 Å². The van der Waals surface area contributed by atoms with Crippen LogP contribution in [-0.4, -0.2) is 28.5 Å². The minimum absolute atomic E-state index is 0.00339. The molecule has 4 rings (SSSR count). The van der Waals surface area contributed by atoms with Gasteiger partial charge in [0.15, 0.2) is 4.80 Å². The predicted octanol–water partition coefficient (Wildman–Crippen LogP) is 4.14. The number of thiazole rings is 1. The van der Waals surface area contributed by atoms with Gasteiger partial charge in [-0.05, 0) is 23.6 Å². The van der Waals surface area contributed by atoms with E-state index in [1.165, 1.54) is 36.7 Å². The van der Waals surface area contributed by atoms with Crippen LogP contribution in [0.3, 0.4) is 0 Å². The number of carbonyl (C=O) groups is 2. The molecule has 0 aliphatic rings. The number of thiophene rings is 1. The molecule has 31 heavy (non-hydrogen) atoms. The van der Waals surface area contributed by atoms with E-state index in [-0.39, 0.29) is 11.5 Å². The molecule has 4 aromatic rings. The Morgan fingerprint density at radius 1 is 1.16 bits per heavy atom. The molecule has 0 atom stereocenters. The Bertz CT molecular complexity index is 1430. The third-order valence-electron chi connectivity index (χ3n) is 4.48. The zero-order valence-corrected chi connectivity index (χ0v) is 17.8. The zero-order chi connectivity index (χ0) is 22.0. The lowest BCUT2D eigenvalue weighted by Gasteiger charge is -2.04. The number of rotatable bonds is 5. The molecule has 0 unspecified atom stereocenters. The first-order valence-electron chi connectivity index (χ1n) is 9.05. The van der Waals surface area contributed by atoms with Gasteiger partial charge in [0.25, 0.3) is 5.91 Å². The number of carbonyl (C=O) groups excluding carboxylic acids is 2. The smallest absolute Gasteiger partial charge is 0.325 e. The highest BCUT2D eigenvalue weighted by Gasteiger charge is 2.13. The molecule has 10 heteroatoms. The number of nitrogens with zero attached hydrogens (tertiary/aromatic N) is 3. The summed E-state index contributed by atoms with van der Waals surface area (Å²) in [5.41, 5.74) is 0.776. The second kappa shape index (κ2) is 8.62. The summed E-state index contributed by atoms with van der Waals surface area (Å²) < 4.78 is 7.36. The quantitative estimate of drug-likeness (QED) is 0.196. The van der Waals surface area contributed by atoms with E-state index < -0.39 is 16.8 Å². The van der Waals surface area contributed by atoms with Crippen molar-refractivity contribution >= 4 is 66.6 Å². The van der Waals surface area contributed by atoms with Gasteiger partial charge in [0.2, 0.25) is 0 Å². The Morgan fingerprint density at radius 3 is 2.71 bits per heavy atom. The van der Waals surface area contributed by atoms with Crippen LogP contribution in [0.1, 0.15) is 4.88 Å². The molecule has 0 aliphatic carbocycles. The molecule has 0 N–H and O–H groups in total. The largest absolute Gasteiger partial charge is 0.468 e. The Balaban J connectivity index is 1.77. The topological polar surface area (TPSA) is 104 Å². The van der Waals surface area contributed by atoms with Crippen LogP contribution in [0.2, 0.25) is 0 Å². The number of methoxy groups -OCH3 is 1. The number of ether oxygens (including phenoxy) is 1. The molecular formula is C21H15N3O5S2. The van der Waals surface area contributed by atoms with Crippen molar-refractivity contribution in [2.24, 2.45) is 4.99 Å². The molecule has 0 bridgehead atoms. The van der Waals surface area contributed by atoms with Gasteiger partial charge in [-0.1, -0.05) is 53.0 Å². The maximum absolute atomic E-state index is 12.5. The van der Waals surface area contributed by atoms with Crippen molar-refractivity contribution in [3.8, 4) is 0 Å². The van der Waals surface area contributed by atoms with E-state index in [4.69, 9.17) is 4.74 Å². The standard InChI is InChI=1S/C21H15N3O5S2/c1-29-19(26)12-23-16-9-6-13-4-2-3-5-15(13)20(16)31-21(23)22-17(25)10-7-14-8-11-18(30-14)24(27)28/h2-11H,12H2,1H3. The van der Waals surface area contributed by atoms with Crippen LogP contribution in [0.4, 0.5) is 5.00 Å². The highest BCUT2D eigenvalue weighted by molar-refractivity contribution is 7.17. The van der Waals surface area contributed by atoms with Crippen molar-refractivity contribution < 1.29 is 19.2 Å². The minimum Gasteiger partial charge on any atom is -0.468 e. The second-order valence-electron chi connectivity index (χ2n) is 6.40. The first-order chi connectivity index (χ1) is 15.0. The normalized spacial score (nSPS) is 12.1. The highest BCUT2D eigenvalue weighted by Crippen LogP contribution is 2.28. The van der Waals surface area contributed by atoms with Gasteiger partial charge >= 0.3 is 11.0 Å². The summed E-state index contributed by atoms with van der Waals surface area (Å²) in [6.45, 7) is -0.0816. The van der Waals surface area contributed by atoms with E-state index in [9.17, 15) is 19.7 Å². The summed E-state index contributed by atoms with van der Waals surface area (Å²) in [6, 6.07) is 14.6. The maximum atomic E-state index is 12.5. The number of hydrogen-bond acceptors (Lipinski definition) is 7. The Labute approximate surface area is 183 Å². The van der Waals surface area contributed by atoms with Crippen molar-refractivity contribution in [3.63, 3.8) is 0 Å². The van der Waals surface area contributed by atoms with Gasteiger partial charge in [-0.25, -0.2) is 0 Å². The third-order valence-corrected chi connectivity index (χ3v) is 6.61. The van der Waals surface area contributed by atoms with Crippen molar-refractivity contribution in [2.75, 3.05) is 7.11 Å². The Kier molecular flexibility index (Phi) is 5.74. The van der Waals surface area contributed by atoms with E-state index in [1.54, 1.807) is 10.6 Å². The summed E-state index contributed by atoms with van der Waals surface area (Å²) in [6.07, 6.45) is 2.73. The van der Waals surface area contributed by atoms with Gasteiger partial charge in [0.1, 0.15) is 6.54 Å². The molecule has 8 nitrogen and oxygen atoms in total. The molecular weight excluding hydrogens is 438 g/mol. The van der Waals surface area contributed by atoms with Gasteiger partial charge in [-0.3, -0.25) is 19.7 Å². The van der Waals surface area contributed by atoms with Gasteiger partial charge in [-0.15, -0.1) is 0 Å². The molecule has 1 amide bonds. The third kappa shape index (κ3) is 4.30. The summed E-state index contributed by atoms with van der Waals surface area (Å²) in [5, 5.41) is 12.8. The van der Waals surface area contributed by atoms with Crippen LogP contribution >= 0.6 is 22.7 Å². The molecule has 0 saturated carbocycles. The zero-order valence-electron chi connectivity index (χ0n) is 16.2. The van der Waals surface area contributed by atoms with Gasteiger partial charge in [0, 0.05) is 22.4 Å². The van der Waals surface area contributed by atoms with Crippen LogP contribution in [0, 0.1) is 10.1 Å². The number of amides is 1. The molecule has 2 heterocycles. The summed E-state index contributed by atoms with van der Waals surface area (Å²) >= 11 is 2.28. The number of nitro groups is 1. The first kappa shape index (κ1) is 20.6. The fraction of sp³-hybridized carbons (Fsp3) is 0.0952. The summed E-state index contributed by atoms with van der Waals surface area (Å²) in [7, 11) is 1.30. The van der Waals surface area contributed by atoms with Crippen molar-refractivity contribution in [1.82, 2.24) is 4.57 Å². The van der Waals surface area contributed by atoms with Crippen LogP contribution in [0.5, 0.6) is 0 Å². The van der Waals surface area contributed by atoms with Gasteiger partial charge < -0.3 is 9.30 Å². The lowest BCUT2D eigenvalue weighted by Crippen LogP contribution is -2.22. The fourth-order valence-corrected chi connectivity index (χ4v) is 4.94. The number of esters is 1. The molecule has 0 aliphatic heterocycles. The average Bonchev–Trinajstić information content (AvgIpc) is 3.38. The molecule has 0 radical (unpaired) electrons. The lowest BCUT2D eigenvalue weighted by atomic mass is 10.1. The summed E-state index contributed by atoms with van der Waals surface area (Å²) in [5.74, 6) is -0.992. The predicted molar refractivity (Wildman–Crippen MR) is 120 cm³/mol. The number of benzene rings is 2. The number of hydrogen-bond donors (Lipinski definition) is 0. The lowest BCUT2D eigenvalue weighted by molar-refractivity contribution is -0.380. The van der Waals surface area contributed by atoms with Gasteiger partial charge in [-0.2, -0.15) is 4.99 Å². The molecule has 2 aromatic heterocycles. The first-order valence-corrected chi connectivity index (χ1v) is 10.7. The molecule has 156 valence electrons. The molecule has 2 aromatic carbocycles. The number of fused-ring (bicyclic) bond motifs is 3. The van der Waals surface area contributed by atoms with Gasteiger partial charge in [0.05, 0.1) is 22.2 Å². The Hall–Kier alpha value is -3.63. The molecule has 0 fully saturated rings.